The number of ether oxygens (including phenoxy) is 2. The number of benzene rings is 3. The molecule has 164 valence electrons. The van der Waals surface area contributed by atoms with Gasteiger partial charge in [-0.1, -0.05) is 63.2 Å². The van der Waals surface area contributed by atoms with E-state index >= 15 is 0 Å². The average molecular weight is 428 g/mol. The lowest BCUT2D eigenvalue weighted by molar-refractivity contribution is 0.278. The van der Waals surface area contributed by atoms with Crippen molar-refractivity contribution in [2.24, 2.45) is 0 Å². The summed E-state index contributed by atoms with van der Waals surface area (Å²) in [4.78, 5) is 4.76. The Bertz CT molecular complexity index is 1250. The number of nitrogens with zero attached hydrogens (tertiary/aromatic N) is 1. The van der Waals surface area contributed by atoms with Crippen molar-refractivity contribution in [1.29, 1.82) is 0 Å². The van der Waals surface area contributed by atoms with Crippen molar-refractivity contribution in [2.75, 3.05) is 14.2 Å². The number of hydrogen-bond donors (Lipinski definition) is 1. The molecule has 0 aliphatic carbocycles. The summed E-state index contributed by atoms with van der Waals surface area (Å²) in [6.07, 6.45) is 0. The van der Waals surface area contributed by atoms with Gasteiger partial charge in [0.1, 0.15) is 0 Å². The molecular weight excluding hydrogens is 398 g/mol. The Morgan fingerprint density at radius 1 is 0.781 bits per heavy atom. The number of methoxy groups -OCH3 is 2. The van der Waals surface area contributed by atoms with Crippen molar-refractivity contribution >= 4 is 10.8 Å². The van der Waals surface area contributed by atoms with Gasteiger partial charge in [0.05, 0.1) is 32.2 Å². The molecule has 0 amide bonds. The van der Waals surface area contributed by atoms with Crippen LogP contribution in [0, 0.1) is 0 Å². The highest BCUT2D eigenvalue weighted by molar-refractivity contribution is 5.91. The van der Waals surface area contributed by atoms with Crippen LogP contribution in [0.15, 0.2) is 66.7 Å². The van der Waals surface area contributed by atoms with E-state index in [2.05, 4.69) is 57.2 Å². The number of hydrogen-bond acceptors (Lipinski definition) is 4. The Morgan fingerprint density at radius 2 is 1.44 bits per heavy atom. The molecule has 4 nitrogen and oxygen atoms in total. The standard InChI is InChI=1S/C28H29NO3/c1-28(2,3)22-11-9-18(10-12-22)19-7-6-8-20(13-19)24-14-21-15-26(31-4)27(32-5)16-23(21)25(17-30)29-24/h6-16,30H,17H2,1-5H3. The molecule has 0 aliphatic heterocycles. The summed E-state index contributed by atoms with van der Waals surface area (Å²) in [5, 5.41) is 11.8. The monoisotopic (exact) mass is 427 g/mol. The third-order valence-corrected chi connectivity index (χ3v) is 5.81. The van der Waals surface area contributed by atoms with E-state index in [1.165, 1.54) is 5.56 Å². The van der Waals surface area contributed by atoms with Gasteiger partial charge in [-0.2, -0.15) is 0 Å². The van der Waals surface area contributed by atoms with Gasteiger partial charge in [-0.05, 0) is 51.8 Å². The van der Waals surface area contributed by atoms with Crippen LogP contribution in [0.25, 0.3) is 33.2 Å². The minimum atomic E-state index is -0.159. The smallest absolute Gasteiger partial charge is 0.161 e. The highest BCUT2D eigenvalue weighted by atomic mass is 16.5. The van der Waals surface area contributed by atoms with Gasteiger partial charge < -0.3 is 14.6 Å². The van der Waals surface area contributed by atoms with Gasteiger partial charge in [0.2, 0.25) is 0 Å². The van der Waals surface area contributed by atoms with Crippen LogP contribution < -0.4 is 9.47 Å². The molecule has 0 saturated heterocycles. The van der Waals surface area contributed by atoms with E-state index in [1.54, 1.807) is 14.2 Å². The molecule has 0 atom stereocenters. The van der Waals surface area contributed by atoms with Crippen molar-refractivity contribution < 1.29 is 14.6 Å². The fourth-order valence-electron chi connectivity index (χ4n) is 3.94. The number of aliphatic hydroxyl groups is 1. The number of fused-ring (bicyclic) bond motifs is 1. The Hall–Kier alpha value is -3.37. The molecular formula is C28H29NO3. The van der Waals surface area contributed by atoms with E-state index in [1.807, 2.05) is 30.3 Å². The van der Waals surface area contributed by atoms with Gasteiger partial charge in [-0.25, -0.2) is 4.98 Å². The minimum absolute atomic E-state index is 0.125. The van der Waals surface area contributed by atoms with Crippen molar-refractivity contribution in [3.8, 4) is 33.9 Å². The lowest BCUT2D eigenvalue weighted by Gasteiger charge is -2.19. The topological polar surface area (TPSA) is 51.6 Å². The van der Waals surface area contributed by atoms with E-state index < -0.39 is 0 Å². The first-order valence-electron chi connectivity index (χ1n) is 10.7. The van der Waals surface area contributed by atoms with Crippen molar-refractivity contribution in [1.82, 2.24) is 4.98 Å². The van der Waals surface area contributed by atoms with Crippen molar-refractivity contribution in [3.05, 3.63) is 78.0 Å². The fourth-order valence-corrected chi connectivity index (χ4v) is 3.94. The van der Waals surface area contributed by atoms with Gasteiger partial charge in [0, 0.05) is 10.9 Å². The molecule has 1 N–H and O–H groups in total. The van der Waals surface area contributed by atoms with Crippen molar-refractivity contribution in [3.63, 3.8) is 0 Å². The lowest BCUT2D eigenvalue weighted by atomic mass is 9.86. The zero-order valence-electron chi connectivity index (χ0n) is 19.3. The van der Waals surface area contributed by atoms with Crippen LogP contribution in [0.3, 0.4) is 0 Å². The lowest BCUT2D eigenvalue weighted by Crippen LogP contribution is -2.10. The first kappa shape index (κ1) is 21.8. The molecule has 1 heterocycles. The van der Waals surface area contributed by atoms with E-state index in [0.717, 1.165) is 33.2 Å². The molecule has 0 aliphatic rings. The number of aliphatic hydroxyl groups excluding tert-OH is 1. The molecule has 32 heavy (non-hydrogen) atoms. The quantitative estimate of drug-likeness (QED) is 0.402. The normalized spacial score (nSPS) is 11.6. The SMILES string of the molecule is COc1cc2cc(-c3cccc(-c4ccc(C(C)(C)C)cc4)c3)nc(CO)c2cc1OC. The van der Waals surface area contributed by atoms with E-state index in [4.69, 9.17) is 14.5 Å². The van der Waals surface area contributed by atoms with Gasteiger partial charge in [-0.3, -0.25) is 0 Å². The van der Waals surface area contributed by atoms with Crippen LogP contribution >= 0.6 is 0 Å². The summed E-state index contributed by atoms with van der Waals surface area (Å²) >= 11 is 0. The molecule has 3 aromatic carbocycles. The summed E-state index contributed by atoms with van der Waals surface area (Å²) in [6.45, 7) is 6.50. The molecule has 1 aromatic heterocycles. The van der Waals surface area contributed by atoms with Crippen LogP contribution in [0.1, 0.15) is 32.0 Å². The van der Waals surface area contributed by atoms with Crippen LogP contribution in [0.2, 0.25) is 0 Å². The maximum absolute atomic E-state index is 9.99. The summed E-state index contributed by atoms with van der Waals surface area (Å²) in [5.41, 5.74) is 6.14. The van der Waals surface area contributed by atoms with Crippen molar-refractivity contribution in [2.45, 2.75) is 32.8 Å². The van der Waals surface area contributed by atoms with Crippen LogP contribution in [-0.2, 0) is 12.0 Å². The summed E-state index contributed by atoms with van der Waals surface area (Å²) < 4.78 is 10.9. The third-order valence-electron chi connectivity index (χ3n) is 5.81. The van der Waals surface area contributed by atoms with Gasteiger partial charge in [-0.15, -0.1) is 0 Å². The molecule has 0 bridgehead atoms. The zero-order valence-corrected chi connectivity index (χ0v) is 19.3. The summed E-state index contributed by atoms with van der Waals surface area (Å²) in [6, 6.07) is 22.9. The second-order valence-electron chi connectivity index (χ2n) is 8.95. The van der Waals surface area contributed by atoms with Crippen LogP contribution in [0.4, 0.5) is 0 Å². The van der Waals surface area contributed by atoms with E-state index in [9.17, 15) is 5.11 Å². The molecule has 0 unspecified atom stereocenters. The molecule has 4 aromatic rings. The third kappa shape index (κ3) is 4.19. The molecule has 0 saturated carbocycles. The summed E-state index contributed by atoms with van der Waals surface area (Å²) in [5.74, 6) is 1.26. The Labute approximate surface area is 189 Å². The maximum Gasteiger partial charge on any atom is 0.161 e. The molecule has 0 fully saturated rings. The number of pyridine rings is 1. The molecule has 0 radical (unpaired) electrons. The predicted molar refractivity (Wildman–Crippen MR) is 130 cm³/mol. The highest BCUT2D eigenvalue weighted by Crippen LogP contribution is 2.36. The molecule has 4 heteroatoms. The number of rotatable bonds is 5. The minimum Gasteiger partial charge on any atom is -0.493 e. The Kier molecular flexibility index (Phi) is 5.90. The van der Waals surface area contributed by atoms with Gasteiger partial charge in [0.15, 0.2) is 11.5 Å². The largest absolute Gasteiger partial charge is 0.493 e. The molecule has 0 spiro atoms. The van der Waals surface area contributed by atoms with E-state index in [-0.39, 0.29) is 12.0 Å². The fraction of sp³-hybridized carbons (Fsp3) is 0.250. The highest BCUT2D eigenvalue weighted by Gasteiger charge is 2.15. The van der Waals surface area contributed by atoms with Gasteiger partial charge >= 0.3 is 0 Å². The average Bonchev–Trinajstić information content (AvgIpc) is 2.82. The second kappa shape index (κ2) is 8.64. The maximum atomic E-state index is 9.99. The van der Waals surface area contributed by atoms with Crippen LogP contribution in [0.5, 0.6) is 11.5 Å². The first-order chi connectivity index (χ1) is 15.3. The Balaban J connectivity index is 1.79. The second-order valence-corrected chi connectivity index (χ2v) is 8.95. The summed E-state index contributed by atoms with van der Waals surface area (Å²) in [7, 11) is 3.22. The van der Waals surface area contributed by atoms with Gasteiger partial charge in [0.25, 0.3) is 0 Å². The Morgan fingerprint density at radius 3 is 2.06 bits per heavy atom. The molecule has 4 rings (SSSR count). The zero-order chi connectivity index (χ0) is 22.9. The van der Waals surface area contributed by atoms with Crippen LogP contribution in [-0.4, -0.2) is 24.3 Å². The first-order valence-corrected chi connectivity index (χ1v) is 10.7. The predicted octanol–water partition coefficient (Wildman–Crippen LogP) is 6.38. The number of aromatic nitrogens is 1. The van der Waals surface area contributed by atoms with E-state index in [0.29, 0.717) is 17.2 Å².